The van der Waals surface area contributed by atoms with E-state index in [9.17, 15) is 19.6 Å². The van der Waals surface area contributed by atoms with Gasteiger partial charge in [0, 0.05) is 35.8 Å². The van der Waals surface area contributed by atoms with Crippen LogP contribution in [0.25, 0.3) is 10.9 Å². The average molecular weight is 452 g/mol. The van der Waals surface area contributed by atoms with Crippen molar-refractivity contribution in [3.63, 3.8) is 0 Å². The zero-order valence-corrected chi connectivity index (χ0v) is 18.9. The summed E-state index contributed by atoms with van der Waals surface area (Å²) in [6.07, 6.45) is 2.70. The molecule has 9 heteroatoms. The lowest BCUT2D eigenvalue weighted by molar-refractivity contribution is -0.135. The molecule has 3 N–H and O–H groups in total. The number of piperidine rings is 1. The Kier molecular flexibility index (Phi) is 6.54. The van der Waals surface area contributed by atoms with Gasteiger partial charge in [0.2, 0.25) is 11.8 Å². The van der Waals surface area contributed by atoms with Crippen LogP contribution < -0.4 is 15.4 Å². The number of nitrogens with zero attached hydrogens (tertiary/aromatic N) is 2. The molecule has 1 aromatic heterocycles. The molecule has 0 aliphatic carbocycles. The van der Waals surface area contributed by atoms with Crippen LogP contribution in [0.15, 0.2) is 18.2 Å². The van der Waals surface area contributed by atoms with E-state index < -0.39 is 11.9 Å². The largest absolute Gasteiger partial charge is 0.492 e. The molecule has 0 radical (unpaired) electrons. The van der Waals surface area contributed by atoms with Crippen LogP contribution in [0, 0.1) is 17.2 Å². The first-order valence-corrected chi connectivity index (χ1v) is 11.4. The Morgan fingerprint density at radius 2 is 2.18 bits per heavy atom. The van der Waals surface area contributed by atoms with Gasteiger partial charge in [0.15, 0.2) is 0 Å². The standard InChI is InChI=1S/C24H29N5O4/c1-14(2)29(17(12-25)10-16-4-3-8-26-23(16)31)21(30)13-27-24(32)20-11-18-19(28-20)6-5-15-7-9-33-22(15)18/h5-6,11,14,16-17,28H,3-4,7-10,13H2,1-2H3,(H,26,31)(H,27,32)/t16-,17-/m0/s1. The van der Waals surface area contributed by atoms with Gasteiger partial charge in [-0.1, -0.05) is 6.07 Å². The van der Waals surface area contributed by atoms with Gasteiger partial charge in [0.1, 0.15) is 17.5 Å². The molecule has 1 saturated heterocycles. The van der Waals surface area contributed by atoms with E-state index in [0.29, 0.717) is 25.3 Å². The highest BCUT2D eigenvalue weighted by Gasteiger charge is 2.32. The zero-order valence-electron chi connectivity index (χ0n) is 18.9. The van der Waals surface area contributed by atoms with E-state index in [0.717, 1.165) is 35.1 Å². The molecular formula is C24H29N5O4. The fraction of sp³-hybridized carbons (Fsp3) is 0.500. The Morgan fingerprint density at radius 3 is 2.91 bits per heavy atom. The summed E-state index contributed by atoms with van der Waals surface area (Å²) in [5.41, 5.74) is 2.25. The molecule has 3 amide bonds. The molecule has 33 heavy (non-hydrogen) atoms. The molecule has 1 aromatic carbocycles. The van der Waals surface area contributed by atoms with Crippen molar-refractivity contribution in [1.82, 2.24) is 20.5 Å². The molecule has 0 unspecified atom stereocenters. The van der Waals surface area contributed by atoms with Crippen LogP contribution >= 0.6 is 0 Å². The number of nitrogens with one attached hydrogen (secondary N) is 3. The lowest BCUT2D eigenvalue weighted by Gasteiger charge is -2.33. The van der Waals surface area contributed by atoms with Crippen molar-refractivity contribution in [3.8, 4) is 11.8 Å². The number of hydrogen-bond donors (Lipinski definition) is 3. The monoisotopic (exact) mass is 451 g/mol. The van der Waals surface area contributed by atoms with Crippen LogP contribution in [0.1, 0.15) is 49.2 Å². The molecule has 1 fully saturated rings. The van der Waals surface area contributed by atoms with Crippen molar-refractivity contribution in [2.24, 2.45) is 5.92 Å². The number of carbonyl (C=O) groups is 3. The van der Waals surface area contributed by atoms with Crippen LogP contribution in [0.2, 0.25) is 0 Å². The lowest BCUT2D eigenvalue weighted by atomic mass is 9.91. The normalized spacial score (nSPS) is 18.2. The third kappa shape index (κ3) is 4.65. The van der Waals surface area contributed by atoms with Gasteiger partial charge in [0.25, 0.3) is 5.91 Å². The number of aromatic amines is 1. The zero-order chi connectivity index (χ0) is 23.5. The number of amides is 3. The molecule has 2 aliphatic rings. The predicted molar refractivity (Wildman–Crippen MR) is 122 cm³/mol. The summed E-state index contributed by atoms with van der Waals surface area (Å²) >= 11 is 0. The summed E-state index contributed by atoms with van der Waals surface area (Å²) in [5, 5.41) is 16.1. The maximum atomic E-state index is 13.0. The van der Waals surface area contributed by atoms with Crippen LogP contribution in [0.4, 0.5) is 0 Å². The fourth-order valence-electron chi connectivity index (χ4n) is 4.70. The van der Waals surface area contributed by atoms with Gasteiger partial charge < -0.3 is 25.3 Å². The summed E-state index contributed by atoms with van der Waals surface area (Å²) in [4.78, 5) is 42.4. The third-order valence-electron chi connectivity index (χ3n) is 6.33. The van der Waals surface area contributed by atoms with Crippen LogP contribution in [0.3, 0.4) is 0 Å². The molecule has 9 nitrogen and oxygen atoms in total. The Bertz CT molecular complexity index is 1120. The van der Waals surface area contributed by atoms with E-state index in [4.69, 9.17) is 4.74 Å². The first kappa shape index (κ1) is 22.6. The predicted octanol–water partition coefficient (Wildman–Crippen LogP) is 1.88. The number of ether oxygens (including phenoxy) is 1. The second-order valence-corrected chi connectivity index (χ2v) is 8.88. The van der Waals surface area contributed by atoms with Gasteiger partial charge in [-0.25, -0.2) is 0 Å². The quantitative estimate of drug-likeness (QED) is 0.592. The van der Waals surface area contributed by atoms with Crippen molar-refractivity contribution >= 4 is 28.6 Å². The smallest absolute Gasteiger partial charge is 0.268 e. The molecule has 3 heterocycles. The first-order chi connectivity index (χ1) is 15.9. The van der Waals surface area contributed by atoms with Gasteiger partial charge in [-0.05, 0) is 50.8 Å². The number of H-pyrrole nitrogens is 1. The Morgan fingerprint density at radius 1 is 1.36 bits per heavy atom. The van der Waals surface area contributed by atoms with E-state index in [2.05, 4.69) is 21.7 Å². The van der Waals surface area contributed by atoms with Gasteiger partial charge in [-0.2, -0.15) is 5.26 Å². The Hall–Kier alpha value is -3.54. The second kappa shape index (κ2) is 9.53. The summed E-state index contributed by atoms with van der Waals surface area (Å²) < 4.78 is 5.70. The molecule has 0 spiro atoms. The van der Waals surface area contributed by atoms with Gasteiger partial charge >= 0.3 is 0 Å². The molecule has 4 rings (SSSR count). The Labute approximate surface area is 192 Å². The first-order valence-electron chi connectivity index (χ1n) is 11.4. The van der Waals surface area contributed by atoms with E-state index in [1.807, 2.05) is 26.0 Å². The van der Waals surface area contributed by atoms with E-state index >= 15 is 0 Å². The molecule has 2 atom stereocenters. The molecule has 0 bridgehead atoms. The number of aromatic nitrogens is 1. The lowest BCUT2D eigenvalue weighted by Crippen LogP contribution is -2.50. The average Bonchev–Trinajstić information content (AvgIpc) is 3.44. The molecule has 2 aliphatic heterocycles. The van der Waals surface area contributed by atoms with Crippen LogP contribution in [0.5, 0.6) is 5.75 Å². The topological polar surface area (TPSA) is 127 Å². The molecule has 2 aromatic rings. The van der Waals surface area contributed by atoms with Gasteiger partial charge in [-0.15, -0.1) is 0 Å². The SMILES string of the molecule is CC(C)N(C(=O)CNC(=O)c1cc2c3c(ccc2[nH]1)CCO3)[C@H](C#N)C[C@@H]1CCCNC1=O. The highest BCUT2D eigenvalue weighted by molar-refractivity contribution is 6.01. The van der Waals surface area contributed by atoms with Crippen molar-refractivity contribution in [3.05, 3.63) is 29.5 Å². The Balaban J connectivity index is 1.42. The molecule has 0 saturated carbocycles. The van der Waals surface area contributed by atoms with Crippen LogP contribution in [-0.2, 0) is 16.0 Å². The number of nitriles is 1. The highest BCUT2D eigenvalue weighted by atomic mass is 16.5. The minimum Gasteiger partial charge on any atom is -0.492 e. The van der Waals surface area contributed by atoms with Gasteiger partial charge in [0.05, 0.1) is 19.2 Å². The summed E-state index contributed by atoms with van der Waals surface area (Å²) in [6, 6.07) is 6.84. The van der Waals surface area contributed by atoms with Crippen molar-refractivity contribution in [1.29, 1.82) is 5.26 Å². The maximum absolute atomic E-state index is 13.0. The van der Waals surface area contributed by atoms with E-state index in [1.165, 1.54) is 4.90 Å². The van der Waals surface area contributed by atoms with Crippen molar-refractivity contribution < 1.29 is 19.1 Å². The second-order valence-electron chi connectivity index (χ2n) is 8.88. The number of carbonyl (C=O) groups excluding carboxylic acids is 3. The maximum Gasteiger partial charge on any atom is 0.268 e. The summed E-state index contributed by atoms with van der Waals surface area (Å²) in [5.74, 6) is -0.326. The number of hydrogen-bond acceptors (Lipinski definition) is 5. The summed E-state index contributed by atoms with van der Waals surface area (Å²) in [7, 11) is 0. The molecular weight excluding hydrogens is 422 g/mol. The highest BCUT2D eigenvalue weighted by Crippen LogP contribution is 2.34. The van der Waals surface area contributed by atoms with E-state index in [1.54, 1.807) is 6.07 Å². The minimum absolute atomic E-state index is 0.0692. The van der Waals surface area contributed by atoms with Crippen molar-refractivity contribution in [2.45, 2.75) is 51.6 Å². The third-order valence-corrected chi connectivity index (χ3v) is 6.33. The number of benzene rings is 1. The van der Waals surface area contributed by atoms with Gasteiger partial charge in [-0.3, -0.25) is 14.4 Å². The summed E-state index contributed by atoms with van der Waals surface area (Å²) in [6.45, 7) is 4.68. The van der Waals surface area contributed by atoms with E-state index in [-0.39, 0.29) is 36.7 Å². The number of fused-ring (bicyclic) bond motifs is 3. The number of rotatable bonds is 7. The minimum atomic E-state index is -0.740. The molecule has 174 valence electrons. The van der Waals surface area contributed by atoms with Crippen LogP contribution in [-0.4, -0.2) is 59.4 Å². The fourth-order valence-corrected chi connectivity index (χ4v) is 4.70. The van der Waals surface area contributed by atoms with Crippen molar-refractivity contribution in [2.75, 3.05) is 19.7 Å².